The number of aromatic nitrogens is 1. The lowest BCUT2D eigenvalue weighted by molar-refractivity contribution is -0.129. The number of oxazole rings is 1. The van der Waals surface area contributed by atoms with Gasteiger partial charge in [0.05, 0.1) is 11.8 Å². The first kappa shape index (κ1) is 31.3. The molecule has 0 spiro atoms. The molecule has 7 nitrogen and oxygen atoms in total. The normalized spacial score (nSPS) is 14.9. The standard InChI is InChI=1S/C40H35N3O4S/c1-2-42(38-41-34-20-12-13-21-35(34)47-38)26-27-46-33-24-22-29(23-25-33)28-36-37(44)43(39(45)48-36)40(30-14-6-3-7-15-30,31-16-8-4-9-17-31)32-18-10-5-11-19-32/h3-25,36H,2,26-28H2,1H3. The van der Waals surface area contributed by atoms with Crippen molar-refractivity contribution in [3.8, 4) is 5.75 Å². The zero-order valence-electron chi connectivity index (χ0n) is 26.6. The lowest BCUT2D eigenvalue weighted by Gasteiger charge is -2.42. The smallest absolute Gasteiger partial charge is 0.298 e. The second kappa shape index (κ2) is 13.8. The summed E-state index contributed by atoms with van der Waals surface area (Å²) in [4.78, 5) is 36.5. The second-order valence-electron chi connectivity index (χ2n) is 11.6. The van der Waals surface area contributed by atoms with Crippen LogP contribution >= 0.6 is 11.8 Å². The number of thioether (sulfide) groups is 1. The fourth-order valence-corrected chi connectivity index (χ4v) is 7.47. The molecule has 0 bridgehead atoms. The summed E-state index contributed by atoms with van der Waals surface area (Å²) in [5.74, 6) is 0.521. The number of fused-ring (bicyclic) bond motifs is 1. The van der Waals surface area contributed by atoms with Crippen molar-refractivity contribution in [3.63, 3.8) is 0 Å². The number of likely N-dealkylation sites (N-methyl/N-ethyl adjacent to an activating group) is 1. The van der Waals surface area contributed by atoms with Gasteiger partial charge in [0.1, 0.15) is 23.4 Å². The predicted molar refractivity (Wildman–Crippen MR) is 190 cm³/mol. The molecule has 1 atom stereocenters. The van der Waals surface area contributed by atoms with Gasteiger partial charge in [0.25, 0.3) is 11.3 Å². The minimum Gasteiger partial charge on any atom is -0.492 e. The number of carbonyl (C=O) groups is 2. The first-order chi connectivity index (χ1) is 23.6. The SMILES string of the molecule is CCN(CCOc1ccc(CC2SC(=O)N(C(c3ccccc3)(c3ccccc3)c3ccccc3)C2=O)cc1)c1nc2ccccc2o1. The molecule has 7 rings (SSSR count). The second-order valence-corrected chi connectivity index (χ2v) is 12.7. The van der Waals surface area contributed by atoms with Gasteiger partial charge in [-0.15, -0.1) is 0 Å². The highest BCUT2D eigenvalue weighted by atomic mass is 32.2. The zero-order valence-corrected chi connectivity index (χ0v) is 27.4. The van der Waals surface area contributed by atoms with E-state index in [1.54, 1.807) is 0 Å². The molecule has 0 N–H and O–H groups in total. The fraction of sp³-hybridized carbons (Fsp3) is 0.175. The van der Waals surface area contributed by atoms with E-state index in [4.69, 9.17) is 9.15 Å². The van der Waals surface area contributed by atoms with E-state index >= 15 is 0 Å². The van der Waals surface area contributed by atoms with Crippen molar-refractivity contribution >= 4 is 40.0 Å². The van der Waals surface area contributed by atoms with E-state index < -0.39 is 10.8 Å². The van der Waals surface area contributed by atoms with Crippen molar-refractivity contribution in [1.82, 2.24) is 9.88 Å². The molecule has 6 aromatic rings. The van der Waals surface area contributed by atoms with Crippen LogP contribution in [0.4, 0.5) is 10.8 Å². The van der Waals surface area contributed by atoms with Crippen LogP contribution in [0.5, 0.6) is 5.75 Å². The summed E-state index contributed by atoms with van der Waals surface area (Å²) >= 11 is 1.10. The summed E-state index contributed by atoms with van der Waals surface area (Å²) in [6.07, 6.45) is 0.418. The van der Waals surface area contributed by atoms with Crippen molar-refractivity contribution in [1.29, 1.82) is 0 Å². The third-order valence-electron chi connectivity index (χ3n) is 8.74. The zero-order chi connectivity index (χ0) is 32.9. The average molecular weight is 654 g/mol. The van der Waals surface area contributed by atoms with Crippen LogP contribution in [0.25, 0.3) is 11.1 Å². The van der Waals surface area contributed by atoms with Crippen LogP contribution < -0.4 is 9.64 Å². The number of ether oxygens (including phenoxy) is 1. The Hall–Kier alpha value is -5.34. The molecule has 1 fully saturated rings. The van der Waals surface area contributed by atoms with Crippen molar-refractivity contribution in [3.05, 3.63) is 162 Å². The number of hydrogen-bond donors (Lipinski definition) is 0. The van der Waals surface area contributed by atoms with Gasteiger partial charge in [-0.2, -0.15) is 4.98 Å². The average Bonchev–Trinajstić information content (AvgIpc) is 3.69. The number of imide groups is 1. The molecule has 1 aliphatic heterocycles. The Morgan fingerprint density at radius 2 is 1.33 bits per heavy atom. The van der Waals surface area contributed by atoms with E-state index in [0.29, 0.717) is 25.6 Å². The molecule has 48 heavy (non-hydrogen) atoms. The molecule has 2 amide bonds. The van der Waals surface area contributed by atoms with Crippen LogP contribution in [0.3, 0.4) is 0 Å². The van der Waals surface area contributed by atoms with E-state index in [0.717, 1.165) is 57.4 Å². The van der Waals surface area contributed by atoms with Gasteiger partial charge in [0.2, 0.25) is 5.91 Å². The van der Waals surface area contributed by atoms with Crippen molar-refractivity contribution in [2.45, 2.75) is 24.1 Å². The minimum absolute atomic E-state index is 0.208. The highest BCUT2D eigenvalue weighted by Gasteiger charge is 2.53. The third kappa shape index (κ3) is 5.95. The largest absolute Gasteiger partial charge is 0.492 e. The van der Waals surface area contributed by atoms with Gasteiger partial charge in [-0.3, -0.25) is 14.5 Å². The lowest BCUT2D eigenvalue weighted by atomic mass is 9.75. The topological polar surface area (TPSA) is 75.9 Å². The maximum Gasteiger partial charge on any atom is 0.298 e. The van der Waals surface area contributed by atoms with Gasteiger partial charge in [0.15, 0.2) is 5.58 Å². The van der Waals surface area contributed by atoms with Gasteiger partial charge in [-0.1, -0.05) is 127 Å². The number of carbonyl (C=O) groups excluding carboxylic acids is 2. The van der Waals surface area contributed by atoms with Gasteiger partial charge in [-0.05, 0) is 59.9 Å². The Balaban J connectivity index is 1.08. The van der Waals surface area contributed by atoms with Gasteiger partial charge in [0, 0.05) is 6.54 Å². The molecule has 1 saturated heterocycles. The van der Waals surface area contributed by atoms with E-state index in [1.807, 2.05) is 144 Å². The lowest BCUT2D eigenvalue weighted by Crippen LogP contribution is -2.51. The van der Waals surface area contributed by atoms with Crippen molar-refractivity contribution < 1.29 is 18.7 Å². The van der Waals surface area contributed by atoms with Crippen molar-refractivity contribution in [2.24, 2.45) is 0 Å². The van der Waals surface area contributed by atoms with E-state index in [2.05, 4.69) is 11.9 Å². The summed E-state index contributed by atoms with van der Waals surface area (Å²) in [7, 11) is 0. The van der Waals surface area contributed by atoms with Crippen LogP contribution in [0.2, 0.25) is 0 Å². The molecule has 2 heterocycles. The highest BCUT2D eigenvalue weighted by molar-refractivity contribution is 8.15. The number of hydrogen-bond acceptors (Lipinski definition) is 7. The fourth-order valence-electron chi connectivity index (χ4n) is 6.41. The summed E-state index contributed by atoms with van der Waals surface area (Å²) in [5.41, 5.74) is 3.98. The number of benzene rings is 5. The number of para-hydroxylation sites is 2. The summed E-state index contributed by atoms with van der Waals surface area (Å²) in [6, 6.07) is 45.5. The number of nitrogens with zero attached hydrogens (tertiary/aromatic N) is 3. The number of amides is 2. The molecule has 8 heteroatoms. The molecule has 0 saturated carbocycles. The summed E-state index contributed by atoms with van der Waals surface area (Å²) in [6.45, 7) is 3.86. The van der Waals surface area contributed by atoms with Crippen LogP contribution in [0.15, 0.2) is 144 Å². The van der Waals surface area contributed by atoms with Gasteiger partial charge in [-0.25, -0.2) is 0 Å². The van der Waals surface area contributed by atoms with Gasteiger partial charge < -0.3 is 14.1 Å². The van der Waals surface area contributed by atoms with Crippen molar-refractivity contribution in [2.75, 3.05) is 24.6 Å². The van der Waals surface area contributed by atoms with Crippen LogP contribution in [-0.4, -0.2) is 46.0 Å². The molecule has 1 unspecified atom stereocenters. The Labute approximate surface area is 284 Å². The summed E-state index contributed by atoms with van der Waals surface area (Å²) < 4.78 is 12.0. The molecule has 0 radical (unpaired) electrons. The Kier molecular flexibility index (Phi) is 8.99. The molecular weight excluding hydrogens is 619 g/mol. The quantitative estimate of drug-likeness (QED) is 0.123. The maximum atomic E-state index is 14.4. The first-order valence-electron chi connectivity index (χ1n) is 16.1. The first-order valence-corrected chi connectivity index (χ1v) is 17.0. The maximum absolute atomic E-state index is 14.4. The number of anilines is 1. The Bertz CT molecular complexity index is 1870. The Morgan fingerprint density at radius 1 is 0.771 bits per heavy atom. The molecule has 240 valence electrons. The number of rotatable bonds is 12. The van der Waals surface area contributed by atoms with Crippen LogP contribution in [0, 0.1) is 0 Å². The molecular formula is C40H35N3O4S. The van der Waals surface area contributed by atoms with Crippen LogP contribution in [-0.2, 0) is 16.8 Å². The van der Waals surface area contributed by atoms with Crippen LogP contribution in [0.1, 0.15) is 29.2 Å². The van der Waals surface area contributed by atoms with E-state index in [9.17, 15) is 9.59 Å². The van der Waals surface area contributed by atoms with E-state index in [-0.39, 0.29) is 11.1 Å². The molecule has 0 aliphatic carbocycles. The molecule has 1 aliphatic rings. The summed E-state index contributed by atoms with van der Waals surface area (Å²) in [5, 5.41) is -0.824. The Morgan fingerprint density at radius 3 is 1.90 bits per heavy atom. The predicted octanol–water partition coefficient (Wildman–Crippen LogP) is 8.33. The highest BCUT2D eigenvalue weighted by Crippen LogP contribution is 2.47. The third-order valence-corrected chi connectivity index (χ3v) is 9.78. The minimum atomic E-state index is -1.12. The molecule has 5 aromatic carbocycles. The molecule has 1 aromatic heterocycles. The van der Waals surface area contributed by atoms with E-state index in [1.165, 1.54) is 4.90 Å². The monoisotopic (exact) mass is 653 g/mol. The van der Waals surface area contributed by atoms with Gasteiger partial charge >= 0.3 is 0 Å².